The molecule has 0 spiro atoms. The lowest BCUT2D eigenvalue weighted by Gasteiger charge is -2.27. The third-order valence-corrected chi connectivity index (χ3v) is 9.52. The molecule has 0 unspecified atom stereocenters. The number of nitrogens with zero attached hydrogens (tertiary/aromatic N) is 3. The van der Waals surface area contributed by atoms with Gasteiger partial charge in [-0.1, -0.05) is 37.1 Å². The molecule has 0 bridgehead atoms. The van der Waals surface area contributed by atoms with Gasteiger partial charge in [-0.3, -0.25) is 24.3 Å². The summed E-state index contributed by atoms with van der Waals surface area (Å²) in [5.41, 5.74) is 0.418. The Morgan fingerprint density at radius 3 is 2.72 bits per heavy atom. The fraction of sp³-hybridized carbons (Fsp3) is 0.500. The largest absolute Gasteiger partial charge is 0.444 e. The van der Waals surface area contributed by atoms with Gasteiger partial charge in [-0.15, -0.1) is 0 Å². The molecule has 2 N–H and O–H groups in total. The topological polar surface area (TPSA) is 121 Å². The van der Waals surface area contributed by atoms with E-state index in [-0.39, 0.29) is 50.1 Å². The van der Waals surface area contributed by atoms with Crippen LogP contribution in [0.4, 0.5) is 13.6 Å². The van der Waals surface area contributed by atoms with E-state index < -0.39 is 47.5 Å². The van der Waals surface area contributed by atoms with Crippen molar-refractivity contribution in [3.05, 3.63) is 77.1 Å². The van der Waals surface area contributed by atoms with Crippen molar-refractivity contribution in [2.75, 3.05) is 6.54 Å². The quantitative estimate of drug-likeness (QED) is 0.480. The van der Waals surface area contributed by atoms with Crippen LogP contribution in [0.2, 0.25) is 0 Å². The number of amides is 4. The van der Waals surface area contributed by atoms with E-state index in [1.807, 2.05) is 12.2 Å². The van der Waals surface area contributed by atoms with E-state index >= 15 is 0 Å². The van der Waals surface area contributed by atoms with Gasteiger partial charge >= 0.3 is 6.09 Å². The molecule has 1 aliphatic carbocycles. The monoisotopic (exact) mass is 635 g/mol. The van der Waals surface area contributed by atoms with Crippen LogP contribution in [0.15, 0.2) is 48.7 Å². The van der Waals surface area contributed by atoms with E-state index in [0.717, 1.165) is 31.9 Å². The van der Waals surface area contributed by atoms with Gasteiger partial charge in [0.25, 0.3) is 0 Å². The van der Waals surface area contributed by atoms with Gasteiger partial charge in [0.1, 0.15) is 29.3 Å². The summed E-state index contributed by atoms with van der Waals surface area (Å²) in [6.45, 7) is 2.08. The van der Waals surface area contributed by atoms with Gasteiger partial charge < -0.3 is 20.3 Å². The van der Waals surface area contributed by atoms with Crippen molar-refractivity contribution in [1.29, 1.82) is 0 Å². The molecule has 5 atom stereocenters. The van der Waals surface area contributed by atoms with Crippen LogP contribution in [0.25, 0.3) is 0 Å². The Morgan fingerprint density at radius 2 is 1.93 bits per heavy atom. The first-order valence-corrected chi connectivity index (χ1v) is 16.1. The van der Waals surface area contributed by atoms with Crippen molar-refractivity contribution in [1.82, 2.24) is 25.4 Å². The van der Waals surface area contributed by atoms with E-state index in [2.05, 4.69) is 15.6 Å². The van der Waals surface area contributed by atoms with Gasteiger partial charge in [0.05, 0.1) is 31.0 Å². The Bertz CT molecular complexity index is 1530. The Kier molecular flexibility index (Phi) is 9.06. The number of benzene rings is 1. The summed E-state index contributed by atoms with van der Waals surface area (Å²) < 4.78 is 33.5. The number of carbonyl (C=O) groups excluding carboxylic acids is 4. The summed E-state index contributed by atoms with van der Waals surface area (Å²) >= 11 is 0. The van der Waals surface area contributed by atoms with E-state index in [4.69, 9.17) is 4.74 Å². The maximum atomic E-state index is 14.3. The molecule has 6 rings (SSSR count). The number of carbonyl (C=O) groups is 4. The molecule has 46 heavy (non-hydrogen) atoms. The first kappa shape index (κ1) is 31.6. The number of hydrogen-bond donors (Lipinski definition) is 2. The minimum absolute atomic E-state index is 0.0492. The number of rotatable bonds is 4. The van der Waals surface area contributed by atoms with Gasteiger partial charge in [-0.05, 0) is 56.4 Å². The Balaban J connectivity index is 1.18. The zero-order valence-corrected chi connectivity index (χ0v) is 25.8. The van der Waals surface area contributed by atoms with Gasteiger partial charge in [-0.2, -0.15) is 0 Å². The maximum absolute atomic E-state index is 14.3. The molecule has 2 aromatic rings. The normalized spacial score (nSPS) is 27.7. The predicted molar refractivity (Wildman–Crippen MR) is 163 cm³/mol. The zero-order chi connectivity index (χ0) is 32.4. The Morgan fingerprint density at radius 1 is 1.11 bits per heavy atom. The van der Waals surface area contributed by atoms with Crippen LogP contribution in [0.1, 0.15) is 81.2 Å². The molecule has 4 heterocycles. The van der Waals surface area contributed by atoms with E-state index in [9.17, 15) is 28.0 Å². The number of ether oxygens (including phenoxy) is 1. The highest BCUT2D eigenvalue weighted by Gasteiger charge is 2.61. The number of hydrogen-bond acceptors (Lipinski definition) is 6. The van der Waals surface area contributed by atoms with Crippen LogP contribution in [0, 0.1) is 17.6 Å². The molecule has 2 fully saturated rings. The van der Waals surface area contributed by atoms with Gasteiger partial charge in [0.2, 0.25) is 17.7 Å². The SMILES string of the molecule is C[C@H](NC(=O)[C@@]12C[C@H]1/C=C\CCCCCCC(=O)N1C[C@H](OC(=O)N3Cc4cccc(F)c4C3)C[C@H]1C(=O)N2)c1ccc(F)cn1. The second-order valence-corrected chi connectivity index (χ2v) is 12.8. The molecular formula is C34H39F2N5O5. The molecule has 1 saturated carbocycles. The number of aromatic nitrogens is 1. The number of fused-ring (bicyclic) bond motifs is 3. The second kappa shape index (κ2) is 13.2. The van der Waals surface area contributed by atoms with Gasteiger partial charge in [-0.25, -0.2) is 13.6 Å². The smallest absolute Gasteiger partial charge is 0.410 e. The highest BCUT2D eigenvalue weighted by atomic mass is 19.1. The van der Waals surface area contributed by atoms with E-state index in [0.29, 0.717) is 29.7 Å². The van der Waals surface area contributed by atoms with Gasteiger partial charge in [0, 0.05) is 30.9 Å². The molecular weight excluding hydrogens is 596 g/mol. The van der Waals surface area contributed by atoms with Crippen LogP contribution < -0.4 is 10.6 Å². The number of nitrogens with one attached hydrogen (secondary N) is 2. The van der Waals surface area contributed by atoms with Crippen molar-refractivity contribution >= 4 is 23.8 Å². The van der Waals surface area contributed by atoms with Crippen LogP contribution in [0.5, 0.6) is 0 Å². The lowest BCUT2D eigenvalue weighted by molar-refractivity contribution is -0.140. The molecule has 1 aromatic carbocycles. The highest BCUT2D eigenvalue weighted by Crippen LogP contribution is 2.46. The average Bonchev–Trinajstić information content (AvgIpc) is 3.34. The molecule has 12 heteroatoms. The van der Waals surface area contributed by atoms with Crippen LogP contribution in [0.3, 0.4) is 0 Å². The summed E-state index contributed by atoms with van der Waals surface area (Å²) in [5, 5.41) is 5.90. The maximum Gasteiger partial charge on any atom is 0.410 e. The highest BCUT2D eigenvalue weighted by molar-refractivity contribution is 5.98. The summed E-state index contributed by atoms with van der Waals surface area (Å²) in [7, 11) is 0. The first-order valence-electron chi connectivity index (χ1n) is 16.1. The Labute approximate surface area is 266 Å². The third-order valence-electron chi connectivity index (χ3n) is 9.52. The lowest BCUT2D eigenvalue weighted by atomic mass is 10.1. The van der Waals surface area contributed by atoms with Crippen molar-refractivity contribution in [3.63, 3.8) is 0 Å². The molecule has 3 aliphatic heterocycles. The third kappa shape index (κ3) is 6.61. The fourth-order valence-electron chi connectivity index (χ4n) is 6.76. The van der Waals surface area contributed by atoms with Crippen molar-refractivity contribution < 1.29 is 32.7 Å². The molecule has 4 aliphatic rings. The number of halogens is 2. The fourth-order valence-corrected chi connectivity index (χ4v) is 6.76. The van der Waals surface area contributed by atoms with Crippen LogP contribution >= 0.6 is 0 Å². The zero-order valence-electron chi connectivity index (χ0n) is 25.8. The van der Waals surface area contributed by atoms with Gasteiger partial charge in [0.15, 0.2) is 0 Å². The molecule has 1 aromatic heterocycles. The van der Waals surface area contributed by atoms with E-state index in [1.165, 1.54) is 28.0 Å². The minimum Gasteiger partial charge on any atom is -0.444 e. The summed E-state index contributed by atoms with van der Waals surface area (Å²) in [4.78, 5) is 61.2. The number of pyridine rings is 1. The van der Waals surface area contributed by atoms with Crippen LogP contribution in [-0.2, 0) is 32.2 Å². The van der Waals surface area contributed by atoms with E-state index in [1.54, 1.807) is 19.1 Å². The minimum atomic E-state index is -1.23. The molecule has 10 nitrogen and oxygen atoms in total. The van der Waals surface area contributed by atoms with Crippen molar-refractivity contribution in [2.24, 2.45) is 5.92 Å². The lowest BCUT2D eigenvalue weighted by Crippen LogP contribution is -2.55. The van der Waals surface area contributed by atoms with Crippen LogP contribution in [-0.4, -0.2) is 62.8 Å². The van der Waals surface area contributed by atoms with Crippen molar-refractivity contribution in [2.45, 2.75) is 95.1 Å². The average molecular weight is 636 g/mol. The summed E-state index contributed by atoms with van der Waals surface area (Å²) in [6, 6.07) is 6.02. The number of allylic oxidation sites excluding steroid dienone is 1. The summed E-state index contributed by atoms with van der Waals surface area (Å²) in [6.07, 6.45) is 8.73. The molecule has 244 valence electrons. The molecule has 4 amide bonds. The standard InChI is InChI=1S/C34H39F2N5O5/c1-21(28-14-13-24(35)17-37-28)38-32(44)34-16-23(34)10-6-4-2-3-5-7-12-30(42)41-19-25(15-29(41)31(43)39-34)46-33(45)40-18-22-9-8-11-27(36)26(22)20-40/h6,8-11,13-14,17,21,23,25,29H,2-5,7,12,15-16,18-20H2,1H3,(H,38,44)(H,39,43)/b10-6-/t21-,23+,25+,29-,34+/m0/s1. The second-order valence-electron chi connectivity index (χ2n) is 12.8. The predicted octanol–water partition coefficient (Wildman–Crippen LogP) is 4.44. The first-order chi connectivity index (χ1) is 22.1. The Hall–Kier alpha value is -4.35. The molecule has 1 saturated heterocycles. The molecule has 0 radical (unpaired) electrons. The summed E-state index contributed by atoms with van der Waals surface area (Å²) in [5.74, 6) is -2.19. The van der Waals surface area contributed by atoms with Crippen molar-refractivity contribution in [3.8, 4) is 0 Å².